The van der Waals surface area contributed by atoms with Gasteiger partial charge in [-0.15, -0.1) is 0 Å². The Kier molecular flexibility index (Phi) is 5.38. The van der Waals surface area contributed by atoms with Crippen molar-refractivity contribution in [3.8, 4) is 0 Å². The molecule has 1 amide bonds. The maximum Gasteiger partial charge on any atom is 0.223 e. The van der Waals surface area contributed by atoms with Crippen molar-refractivity contribution in [1.82, 2.24) is 20.2 Å². The number of nitrogens with zero attached hydrogens (tertiary/aromatic N) is 3. The SMILES string of the molecule is CNc1cc(C2CC(NC(=O)C3CCN(C4CCCC4)CC3)C2)ncn1. The van der Waals surface area contributed by atoms with Crippen LogP contribution in [0.4, 0.5) is 5.82 Å². The highest BCUT2D eigenvalue weighted by atomic mass is 16.2. The van der Waals surface area contributed by atoms with Gasteiger partial charge >= 0.3 is 0 Å². The minimum Gasteiger partial charge on any atom is -0.373 e. The molecule has 1 aromatic heterocycles. The fourth-order valence-corrected chi connectivity index (χ4v) is 4.82. The lowest BCUT2D eigenvalue weighted by Crippen LogP contribution is -2.49. The van der Waals surface area contributed by atoms with Crippen LogP contribution in [0.5, 0.6) is 0 Å². The maximum atomic E-state index is 12.6. The summed E-state index contributed by atoms with van der Waals surface area (Å²) >= 11 is 0. The summed E-state index contributed by atoms with van der Waals surface area (Å²) in [5.41, 5.74) is 1.08. The molecule has 2 heterocycles. The molecule has 6 nitrogen and oxygen atoms in total. The summed E-state index contributed by atoms with van der Waals surface area (Å²) in [6, 6.07) is 3.12. The molecule has 0 radical (unpaired) electrons. The van der Waals surface area contributed by atoms with Gasteiger partial charge in [-0.25, -0.2) is 9.97 Å². The smallest absolute Gasteiger partial charge is 0.223 e. The summed E-state index contributed by atoms with van der Waals surface area (Å²) in [6.07, 6.45) is 11.1. The molecule has 3 aliphatic rings. The quantitative estimate of drug-likeness (QED) is 0.847. The van der Waals surface area contributed by atoms with E-state index in [2.05, 4.69) is 25.5 Å². The summed E-state index contributed by atoms with van der Waals surface area (Å²) in [7, 11) is 1.87. The highest BCUT2D eigenvalue weighted by Crippen LogP contribution is 2.36. The number of nitrogens with one attached hydrogen (secondary N) is 2. The van der Waals surface area contributed by atoms with Gasteiger partial charge in [-0.1, -0.05) is 12.8 Å². The van der Waals surface area contributed by atoms with Gasteiger partial charge in [0.25, 0.3) is 0 Å². The number of rotatable bonds is 5. The molecule has 4 rings (SSSR count). The van der Waals surface area contributed by atoms with Crippen molar-refractivity contribution in [1.29, 1.82) is 0 Å². The molecule has 2 aliphatic carbocycles. The topological polar surface area (TPSA) is 70.2 Å². The average Bonchev–Trinajstić information content (AvgIpc) is 3.19. The predicted octanol–water partition coefficient (Wildman–Crippen LogP) is 2.54. The van der Waals surface area contributed by atoms with Crippen molar-refractivity contribution in [3.05, 3.63) is 18.1 Å². The third kappa shape index (κ3) is 3.85. The zero-order valence-corrected chi connectivity index (χ0v) is 15.8. The first-order chi connectivity index (χ1) is 12.7. The molecule has 2 N–H and O–H groups in total. The first-order valence-electron chi connectivity index (χ1n) is 10.3. The van der Waals surface area contributed by atoms with E-state index in [0.29, 0.717) is 12.0 Å². The highest BCUT2D eigenvalue weighted by molar-refractivity contribution is 5.79. The van der Waals surface area contributed by atoms with E-state index < -0.39 is 0 Å². The van der Waals surface area contributed by atoms with Crippen molar-refractivity contribution in [2.24, 2.45) is 5.92 Å². The van der Waals surface area contributed by atoms with E-state index in [0.717, 1.165) is 56.3 Å². The van der Waals surface area contributed by atoms with Crippen LogP contribution in [0.25, 0.3) is 0 Å². The second-order valence-electron chi connectivity index (χ2n) is 8.20. The molecule has 1 saturated heterocycles. The number of likely N-dealkylation sites (tertiary alicyclic amines) is 1. The fourth-order valence-electron chi connectivity index (χ4n) is 4.82. The normalized spacial score (nSPS) is 27.9. The summed E-state index contributed by atoms with van der Waals surface area (Å²) in [6.45, 7) is 2.20. The van der Waals surface area contributed by atoms with Gasteiger partial charge in [-0.2, -0.15) is 0 Å². The van der Waals surface area contributed by atoms with E-state index in [1.165, 1.54) is 25.7 Å². The summed E-state index contributed by atoms with van der Waals surface area (Å²) in [4.78, 5) is 23.8. The third-order valence-corrected chi connectivity index (χ3v) is 6.59. The van der Waals surface area contributed by atoms with Crippen LogP contribution >= 0.6 is 0 Å². The van der Waals surface area contributed by atoms with E-state index in [1.807, 2.05) is 13.1 Å². The standard InChI is InChI=1S/C20H31N5O/c1-21-19-12-18(22-13-23-19)15-10-16(11-15)24-20(26)14-6-8-25(9-7-14)17-4-2-3-5-17/h12-17H,2-11H2,1H3,(H,24,26)(H,21,22,23). The number of hydrogen-bond donors (Lipinski definition) is 2. The minimum atomic E-state index is 0.210. The van der Waals surface area contributed by atoms with Crippen LogP contribution in [0.2, 0.25) is 0 Å². The molecule has 0 aromatic carbocycles. The molecular formula is C20H31N5O. The summed E-state index contributed by atoms with van der Waals surface area (Å²) in [5.74, 6) is 1.79. The van der Waals surface area contributed by atoms with Crippen LogP contribution < -0.4 is 10.6 Å². The molecule has 2 saturated carbocycles. The van der Waals surface area contributed by atoms with Crippen LogP contribution in [0.15, 0.2) is 12.4 Å². The Labute approximate surface area is 156 Å². The Hall–Kier alpha value is -1.69. The van der Waals surface area contributed by atoms with E-state index in [-0.39, 0.29) is 11.8 Å². The van der Waals surface area contributed by atoms with Crippen molar-refractivity contribution < 1.29 is 4.79 Å². The van der Waals surface area contributed by atoms with Gasteiger partial charge in [-0.3, -0.25) is 4.79 Å². The molecule has 0 unspecified atom stereocenters. The van der Waals surface area contributed by atoms with Crippen LogP contribution in [0, 0.1) is 5.92 Å². The number of carbonyl (C=O) groups excluding carboxylic acids is 1. The van der Waals surface area contributed by atoms with Gasteiger partial charge in [0.1, 0.15) is 12.1 Å². The number of piperidine rings is 1. The van der Waals surface area contributed by atoms with Gasteiger partial charge in [0.05, 0.1) is 0 Å². The Morgan fingerprint density at radius 3 is 2.54 bits per heavy atom. The van der Waals surface area contributed by atoms with Crippen LogP contribution in [-0.2, 0) is 4.79 Å². The Balaban J connectivity index is 1.20. The summed E-state index contributed by atoms with van der Waals surface area (Å²) in [5, 5.41) is 6.34. The van der Waals surface area contributed by atoms with Gasteiger partial charge in [0.2, 0.25) is 5.91 Å². The lowest BCUT2D eigenvalue weighted by atomic mass is 9.77. The van der Waals surface area contributed by atoms with Gasteiger partial charge in [0.15, 0.2) is 0 Å². The number of hydrogen-bond acceptors (Lipinski definition) is 5. The number of aromatic nitrogens is 2. The number of anilines is 1. The molecule has 142 valence electrons. The van der Waals surface area contributed by atoms with Crippen molar-refractivity contribution in [2.45, 2.75) is 69.4 Å². The van der Waals surface area contributed by atoms with Crippen molar-refractivity contribution in [2.75, 3.05) is 25.5 Å². The number of amides is 1. The number of carbonyl (C=O) groups is 1. The van der Waals surface area contributed by atoms with Crippen LogP contribution in [0.3, 0.4) is 0 Å². The molecular weight excluding hydrogens is 326 g/mol. The Bertz CT molecular complexity index is 616. The van der Waals surface area contributed by atoms with E-state index in [1.54, 1.807) is 6.33 Å². The maximum absolute atomic E-state index is 12.6. The third-order valence-electron chi connectivity index (χ3n) is 6.59. The van der Waals surface area contributed by atoms with Crippen molar-refractivity contribution in [3.63, 3.8) is 0 Å². The first kappa shape index (κ1) is 17.7. The van der Waals surface area contributed by atoms with Crippen molar-refractivity contribution >= 4 is 11.7 Å². The van der Waals surface area contributed by atoms with Crippen LogP contribution in [0.1, 0.15) is 63.0 Å². The molecule has 26 heavy (non-hydrogen) atoms. The second kappa shape index (κ2) is 7.91. The highest BCUT2D eigenvalue weighted by Gasteiger charge is 2.35. The van der Waals surface area contributed by atoms with Gasteiger partial charge < -0.3 is 15.5 Å². The Morgan fingerprint density at radius 1 is 1.12 bits per heavy atom. The molecule has 0 spiro atoms. The van der Waals surface area contributed by atoms with E-state index >= 15 is 0 Å². The average molecular weight is 358 g/mol. The zero-order chi connectivity index (χ0) is 17.9. The molecule has 0 bridgehead atoms. The second-order valence-corrected chi connectivity index (χ2v) is 8.20. The molecule has 0 atom stereocenters. The lowest BCUT2D eigenvalue weighted by Gasteiger charge is -2.38. The largest absolute Gasteiger partial charge is 0.373 e. The zero-order valence-electron chi connectivity index (χ0n) is 15.8. The molecule has 1 aliphatic heterocycles. The van der Waals surface area contributed by atoms with Gasteiger partial charge in [0, 0.05) is 42.7 Å². The molecule has 6 heteroatoms. The predicted molar refractivity (Wildman–Crippen MR) is 102 cm³/mol. The minimum absolute atomic E-state index is 0.210. The molecule has 3 fully saturated rings. The van der Waals surface area contributed by atoms with Gasteiger partial charge in [-0.05, 0) is 51.6 Å². The van der Waals surface area contributed by atoms with E-state index in [4.69, 9.17) is 0 Å². The van der Waals surface area contributed by atoms with E-state index in [9.17, 15) is 4.79 Å². The summed E-state index contributed by atoms with van der Waals surface area (Å²) < 4.78 is 0. The first-order valence-corrected chi connectivity index (χ1v) is 10.3. The lowest BCUT2D eigenvalue weighted by molar-refractivity contribution is -0.128. The molecule has 1 aromatic rings. The monoisotopic (exact) mass is 357 g/mol. The van der Waals surface area contributed by atoms with Crippen LogP contribution in [-0.4, -0.2) is 53.0 Å². The fraction of sp³-hybridized carbons (Fsp3) is 0.750. The Morgan fingerprint density at radius 2 is 1.85 bits per heavy atom.